The maximum Gasteiger partial charge on any atom is 0.407 e. The van der Waals surface area contributed by atoms with Gasteiger partial charge in [0.15, 0.2) is 0 Å². The minimum Gasteiger partial charge on any atom is -0.446 e. The lowest BCUT2D eigenvalue weighted by atomic mass is 9.58. The second kappa shape index (κ2) is 12.7. The summed E-state index contributed by atoms with van der Waals surface area (Å²) in [5, 5.41) is 20.1. The zero-order valence-corrected chi connectivity index (χ0v) is 24.7. The summed E-state index contributed by atoms with van der Waals surface area (Å²) in [5.74, 6) is 0.636. The first-order valence-electron chi connectivity index (χ1n) is 15.4. The zero-order valence-electron chi connectivity index (χ0n) is 24.7. The van der Waals surface area contributed by atoms with E-state index in [0.717, 1.165) is 70.4 Å². The van der Waals surface area contributed by atoms with Crippen molar-refractivity contribution in [3.8, 4) is 6.07 Å². The fourth-order valence-corrected chi connectivity index (χ4v) is 7.94. The second-order valence-electron chi connectivity index (χ2n) is 12.4. The van der Waals surface area contributed by atoms with Gasteiger partial charge in [-0.25, -0.2) is 9.18 Å². The molecule has 1 aromatic heterocycles. The van der Waals surface area contributed by atoms with Crippen LogP contribution in [-0.2, 0) is 16.7 Å². The fraction of sp³-hybridized carbons (Fsp3) is 0.515. The van der Waals surface area contributed by atoms with Gasteiger partial charge in [0, 0.05) is 55.8 Å². The number of likely N-dealkylation sites (tertiary alicyclic amines) is 1. The fourth-order valence-electron chi connectivity index (χ4n) is 7.94. The van der Waals surface area contributed by atoms with Crippen molar-refractivity contribution in [2.75, 3.05) is 44.7 Å². The van der Waals surface area contributed by atoms with E-state index in [4.69, 9.17) is 10.00 Å². The monoisotopic (exact) mass is 585 g/mol. The average molecular weight is 586 g/mol. The van der Waals surface area contributed by atoms with Crippen LogP contribution in [0.1, 0.15) is 43.2 Å². The molecule has 2 aromatic carbocycles. The van der Waals surface area contributed by atoms with Crippen LogP contribution in [0.5, 0.6) is 0 Å². The molecule has 2 aliphatic heterocycles. The Bertz CT molecular complexity index is 1410. The summed E-state index contributed by atoms with van der Waals surface area (Å²) in [4.78, 5) is 17.4. The Morgan fingerprint density at radius 2 is 1.93 bits per heavy atom. The van der Waals surface area contributed by atoms with Crippen molar-refractivity contribution < 1.29 is 13.9 Å². The molecule has 226 valence electrons. The van der Waals surface area contributed by atoms with Gasteiger partial charge in [-0.1, -0.05) is 17.3 Å². The number of carbonyl (C=O) groups excluding carboxylic acids is 1. The maximum atomic E-state index is 14.9. The van der Waals surface area contributed by atoms with Crippen molar-refractivity contribution in [1.82, 2.24) is 25.2 Å². The Morgan fingerprint density at radius 3 is 2.60 bits per heavy atom. The minimum atomic E-state index is -0.472. The van der Waals surface area contributed by atoms with E-state index in [1.54, 1.807) is 25.4 Å². The first kappa shape index (κ1) is 29.1. The van der Waals surface area contributed by atoms with Gasteiger partial charge in [-0.15, -0.1) is 5.10 Å². The first-order chi connectivity index (χ1) is 21.0. The number of piperidine rings is 1. The van der Waals surface area contributed by atoms with Crippen molar-refractivity contribution in [1.29, 1.82) is 5.26 Å². The van der Waals surface area contributed by atoms with Gasteiger partial charge in [0.05, 0.1) is 24.4 Å². The number of carbonyl (C=O) groups is 1. The lowest BCUT2D eigenvalue weighted by Gasteiger charge is -2.51. The molecule has 0 radical (unpaired) electrons. The van der Waals surface area contributed by atoms with E-state index in [0.29, 0.717) is 18.0 Å². The van der Waals surface area contributed by atoms with Crippen LogP contribution in [0.4, 0.5) is 14.9 Å². The molecule has 1 saturated carbocycles. The van der Waals surface area contributed by atoms with Gasteiger partial charge < -0.3 is 19.9 Å². The van der Waals surface area contributed by atoms with Crippen molar-refractivity contribution in [3.05, 3.63) is 77.9 Å². The number of nitriles is 1. The van der Waals surface area contributed by atoms with Gasteiger partial charge >= 0.3 is 6.09 Å². The number of hydrogen-bond donors (Lipinski definition) is 1. The molecule has 1 N–H and O–H groups in total. The highest BCUT2D eigenvalue weighted by Gasteiger charge is 2.53. The molecular formula is C33H40FN7O2. The van der Waals surface area contributed by atoms with Gasteiger partial charge in [-0.05, 0) is 93.1 Å². The van der Waals surface area contributed by atoms with Gasteiger partial charge in [0.25, 0.3) is 0 Å². The van der Waals surface area contributed by atoms with E-state index < -0.39 is 11.5 Å². The van der Waals surface area contributed by atoms with E-state index >= 15 is 0 Å². The third-order valence-electron chi connectivity index (χ3n) is 9.99. The summed E-state index contributed by atoms with van der Waals surface area (Å²) in [5.41, 5.74) is 2.34. The highest BCUT2D eigenvalue weighted by atomic mass is 19.1. The highest BCUT2D eigenvalue weighted by molar-refractivity contribution is 5.67. The molecule has 10 heteroatoms. The van der Waals surface area contributed by atoms with Crippen LogP contribution in [0.2, 0.25) is 0 Å². The third kappa shape index (κ3) is 6.09. The van der Waals surface area contributed by atoms with Crippen molar-refractivity contribution in [2.24, 2.45) is 17.8 Å². The van der Waals surface area contributed by atoms with E-state index in [-0.39, 0.29) is 23.8 Å². The molecule has 6 rings (SSSR count). The summed E-state index contributed by atoms with van der Waals surface area (Å²) in [6.45, 7) is 5.60. The Balaban J connectivity index is 1.20. The lowest BCUT2D eigenvalue weighted by molar-refractivity contribution is 0.000247. The van der Waals surface area contributed by atoms with Gasteiger partial charge in [0.2, 0.25) is 0 Å². The number of rotatable bonds is 9. The lowest BCUT2D eigenvalue weighted by Crippen LogP contribution is -2.55. The smallest absolute Gasteiger partial charge is 0.407 e. The molecule has 3 aliphatic rings. The number of hydrogen-bond acceptors (Lipinski definition) is 7. The number of benzene rings is 2. The molecule has 43 heavy (non-hydrogen) atoms. The molecule has 0 bridgehead atoms. The molecule has 2 saturated heterocycles. The largest absolute Gasteiger partial charge is 0.446 e. The van der Waals surface area contributed by atoms with Gasteiger partial charge in [0.1, 0.15) is 11.9 Å². The number of amides is 1. The number of anilines is 1. The van der Waals surface area contributed by atoms with E-state index in [2.05, 4.69) is 31.5 Å². The number of alkyl carbamates (subject to hydrolysis) is 1. The third-order valence-corrected chi connectivity index (χ3v) is 9.99. The molecule has 3 atom stereocenters. The number of ether oxygens (including phenoxy) is 1. The van der Waals surface area contributed by atoms with Crippen LogP contribution in [0.3, 0.4) is 0 Å². The quantitative estimate of drug-likeness (QED) is 0.392. The second-order valence-corrected chi connectivity index (χ2v) is 12.4. The van der Waals surface area contributed by atoms with Crippen LogP contribution in [-0.4, -0.2) is 71.9 Å². The first-order valence-corrected chi connectivity index (χ1v) is 15.4. The summed E-state index contributed by atoms with van der Waals surface area (Å²) >= 11 is 0. The molecule has 1 amide bonds. The summed E-state index contributed by atoms with van der Waals surface area (Å²) in [6.07, 6.45) is 7.49. The number of halogens is 1. The molecule has 9 nitrogen and oxygen atoms in total. The number of nitrogens with zero attached hydrogens (tertiary/aromatic N) is 6. The molecule has 3 heterocycles. The van der Waals surface area contributed by atoms with E-state index in [9.17, 15) is 9.18 Å². The normalized spacial score (nSPS) is 22.9. The Labute approximate surface area is 252 Å². The summed E-state index contributed by atoms with van der Waals surface area (Å²) in [7, 11) is 1.59. The standard InChI is InChI=1S/C33H40FN7O2/c1-36-32(42)43-31-7-3-6-30(31)33(23-41-17-14-37-38-41,27-4-2-5-28(34)18-27)26-12-15-39(16-13-26)20-25-21-40(22-25)29-10-8-24(19-35)9-11-29/h2,4-5,8-11,14,17-18,25-26,30-31H,3,6-7,12-13,15-16,20-23H2,1H3,(H,36,42)/t30-,31-,33?/m0/s1. The van der Waals surface area contributed by atoms with Crippen molar-refractivity contribution >= 4 is 11.8 Å². The van der Waals surface area contributed by atoms with Crippen LogP contribution >= 0.6 is 0 Å². The van der Waals surface area contributed by atoms with Crippen molar-refractivity contribution in [3.63, 3.8) is 0 Å². The molecule has 1 aliphatic carbocycles. The SMILES string of the molecule is CNC(=O)O[C@H]1CCC[C@@H]1C(Cn1ccnn1)(c1cccc(F)c1)C1CCN(CC2CN(c3ccc(C#N)cc3)C2)CC1. The summed E-state index contributed by atoms with van der Waals surface area (Å²) in [6, 6.07) is 17.0. The minimum absolute atomic E-state index is 0.0277. The highest BCUT2D eigenvalue weighted by Crippen LogP contribution is 2.52. The number of aromatic nitrogens is 3. The topological polar surface area (TPSA) is 99.3 Å². The van der Waals surface area contributed by atoms with E-state index in [1.807, 2.05) is 41.2 Å². The summed E-state index contributed by atoms with van der Waals surface area (Å²) < 4.78 is 22.7. The zero-order chi connectivity index (χ0) is 29.8. The maximum absolute atomic E-state index is 14.9. The van der Waals surface area contributed by atoms with Crippen LogP contribution in [0.25, 0.3) is 0 Å². The molecular weight excluding hydrogens is 545 g/mol. The predicted molar refractivity (Wildman–Crippen MR) is 161 cm³/mol. The Morgan fingerprint density at radius 1 is 1.14 bits per heavy atom. The predicted octanol–water partition coefficient (Wildman–Crippen LogP) is 4.60. The van der Waals surface area contributed by atoms with Crippen LogP contribution in [0.15, 0.2) is 60.9 Å². The Hall–Kier alpha value is -3.97. The molecule has 3 fully saturated rings. The molecule has 1 unspecified atom stereocenters. The van der Waals surface area contributed by atoms with Crippen molar-refractivity contribution in [2.45, 2.75) is 50.2 Å². The average Bonchev–Trinajstić information content (AvgIpc) is 3.70. The van der Waals surface area contributed by atoms with Crippen LogP contribution in [0, 0.1) is 34.9 Å². The Kier molecular flexibility index (Phi) is 8.61. The van der Waals surface area contributed by atoms with Gasteiger partial charge in [-0.2, -0.15) is 5.26 Å². The molecule has 3 aromatic rings. The van der Waals surface area contributed by atoms with E-state index in [1.165, 1.54) is 11.8 Å². The molecule has 0 spiro atoms. The van der Waals surface area contributed by atoms with Crippen LogP contribution < -0.4 is 10.2 Å². The van der Waals surface area contributed by atoms with Gasteiger partial charge in [-0.3, -0.25) is 4.68 Å². The number of nitrogens with one attached hydrogen (secondary N) is 1.